The van der Waals surface area contributed by atoms with E-state index in [-0.39, 0.29) is 0 Å². The van der Waals surface area contributed by atoms with Gasteiger partial charge in [-0.1, -0.05) is 17.7 Å². The van der Waals surface area contributed by atoms with Gasteiger partial charge in [0.2, 0.25) is 0 Å². The lowest BCUT2D eigenvalue weighted by atomic mass is 10.5. The number of allylic oxidation sites excluding steroid dienone is 1. The molecule has 12 heavy (non-hydrogen) atoms. The molecule has 0 aliphatic rings. The van der Waals surface area contributed by atoms with Gasteiger partial charge in [0.25, 0.3) is 5.56 Å². The van der Waals surface area contributed by atoms with Crippen molar-refractivity contribution in [3.05, 3.63) is 44.7 Å². The van der Waals surface area contributed by atoms with Crippen LogP contribution in [0, 0.1) is 0 Å². The summed E-state index contributed by atoms with van der Waals surface area (Å²) in [5.41, 5.74) is 0.487. The minimum absolute atomic E-state index is 0.360. The Morgan fingerprint density at radius 3 is 2.92 bits per heavy atom. The number of rotatable bonds is 2. The number of nitrogens with zero attached hydrogens (tertiary/aromatic N) is 1. The molecule has 5 heteroatoms. The summed E-state index contributed by atoms with van der Waals surface area (Å²) in [6.45, 7) is 0.360. The summed E-state index contributed by atoms with van der Waals surface area (Å²) in [6.07, 6.45) is 3.01. The lowest BCUT2D eigenvalue weighted by Crippen LogP contribution is -2.28. The van der Waals surface area contributed by atoms with Crippen molar-refractivity contribution in [2.75, 3.05) is 0 Å². The van der Waals surface area contributed by atoms with Crippen LogP contribution in [0.25, 0.3) is 0 Å². The largest absolute Gasteiger partial charge is 0.328 e. The van der Waals surface area contributed by atoms with Gasteiger partial charge in [0.15, 0.2) is 0 Å². The first-order valence-electron chi connectivity index (χ1n) is 3.29. The van der Waals surface area contributed by atoms with Crippen molar-refractivity contribution in [1.29, 1.82) is 0 Å². The van der Waals surface area contributed by atoms with Crippen LogP contribution in [0.2, 0.25) is 0 Å². The zero-order valence-electron chi connectivity index (χ0n) is 6.16. The van der Waals surface area contributed by atoms with Crippen LogP contribution in [0.5, 0.6) is 0 Å². The zero-order chi connectivity index (χ0) is 8.97. The summed E-state index contributed by atoms with van der Waals surface area (Å²) >= 11 is 5.27. The first kappa shape index (κ1) is 8.80. The molecule has 0 aromatic carbocycles. The fourth-order valence-corrected chi connectivity index (χ4v) is 0.821. The van der Waals surface area contributed by atoms with Crippen LogP contribution in [0.1, 0.15) is 0 Å². The SMILES string of the molecule is O=c1ccn(CC=CCl)c(=O)[nH]1. The second-order valence-electron chi connectivity index (χ2n) is 2.12. The third kappa shape index (κ3) is 2.10. The van der Waals surface area contributed by atoms with Gasteiger partial charge in [-0.05, 0) is 0 Å². The zero-order valence-corrected chi connectivity index (χ0v) is 6.91. The molecule has 0 atom stereocenters. The van der Waals surface area contributed by atoms with Crippen molar-refractivity contribution in [1.82, 2.24) is 9.55 Å². The molecule has 1 rings (SSSR count). The Labute approximate surface area is 73.1 Å². The van der Waals surface area contributed by atoms with E-state index in [0.717, 1.165) is 0 Å². The van der Waals surface area contributed by atoms with E-state index in [0.29, 0.717) is 6.54 Å². The van der Waals surface area contributed by atoms with Gasteiger partial charge in [0.05, 0.1) is 0 Å². The van der Waals surface area contributed by atoms with Gasteiger partial charge in [-0.3, -0.25) is 14.3 Å². The van der Waals surface area contributed by atoms with Crippen molar-refractivity contribution in [2.45, 2.75) is 6.54 Å². The molecule has 64 valence electrons. The van der Waals surface area contributed by atoms with Crippen molar-refractivity contribution >= 4 is 11.6 Å². The van der Waals surface area contributed by atoms with Crippen molar-refractivity contribution in [2.24, 2.45) is 0 Å². The number of nitrogens with one attached hydrogen (secondary N) is 1. The van der Waals surface area contributed by atoms with Crippen LogP contribution in [0.15, 0.2) is 33.5 Å². The summed E-state index contributed by atoms with van der Waals surface area (Å²) in [7, 11) is 0. The molecule has 4 nitrogen and oxygen atoms in total. The van der Waals surface area contributed by atoms with E-state index in [2.05, 4.69) is 4.98 Å². The molecule has 0 amide bonds. The first-order chi connectivity index (χ1) is 5.74. The summed E-state index contributed by atoms with van der Waals surface area (Å²) in [4.78, 5) is 23.7. The minimum atomic E-state index is -0.433. The van der Waals surface area contributed by atoms with Gasteiger partial charge in [0.1, 0.15) is 0 Å². The number of H-pyrrole nitrogens is 1. The maximum Gasteiger partial charge on any atom is 0.328 e. The molecule has 0 saturated heterocycles. The van der Waals surface area contributed by atoms with E-state index in [9.17, 15) is 9.59 Å². The number of hydrogen-bond donors (Lipinski definition) is 1. The minimum Gasteiger partial charge on any atom is -0.297 e. The second-order valence-corrected chi connectivity index (χ2v) is 2.38. The molecule has 1 aromatic heterocycles. The fourth-order valence-electron chi connectivity index (χ4n) is 0.741. The lowest BCUT2D eigenvalue weighted by molar-refractivity contribution is 0.736. The Morgan fingerprint density at radius 2 is 2.33 bits per heavy atom. The van der Waals surface area contributed by atoms with Crippen LogP contribution in [-0.4, -0.2) is 9.55 Å². The fraction of sp³-hybridized carbons (Fsp3) is 0.143. The van der Waals surface area contributed by atoms with Gasteiger partial charge >= 0.3 is 5.69 Å². The quantitative estimate of drug-likeness (QED) is 0.722. The van der Waals surface area contributed by atoms with E-state index in [1.54, 1.807) is 6.08 Å². The number of aromatic nitrogens is 2. The highest BCUT2D eigenvalue weighted by Crippen LogP contribution is 1.82. The maximum atomic E-state index is 11.0. The number of aromatic amines is 1. The molecular formula is C7H7ClN2O2. The predicted octanol–water partition coefficient (Wildman–Crippen LogP) is 0.289. The molecular weight excluding hydrogens is 180 g/mol. The Balaban J connectivity index is 3.02. The Morgan fingerprint density at radius 1 is 1.58 bits per heavy atom. The van der Waals surface area contributed by atoms with E-state index < -0.39 is 11.2 Å². The Bertz CT molecular complexity index is 391. The summed E-state index contributed by atoms with van der Waals surface area (Å²) in [5.74, 6) is 0. The Hall–Kier alpha value is -1.29. The van der Waals surface area contributed by atoms with Gasteiger partial charge in [-0.2, -0.15) is 0 Å². The van der Waals surface area contributed by atoms with Gasteiger partial charge in [-0.25, -0.2) is 4.79 Å². The van der Waals surface area contributed by atoms with E-state index >= 15 is 0 Å². The van der Waals surface area contributed by atoms with E-state index in [1.165, 1.54) is 22.4 Å². The Kier molecular flexibility index (Phi) is 2.88. The number of halogens is 1. The van der Waals surface area contributed by atoms with Crippen molar-refractivity contribution in [3.8, 4) is 0 Å². The predicted molar refractivity (Wildman–Crippen MR) is 46.3 cm³/mol. The molecule has 0 saturated carbocycles. The standard InChI is InChI=1S/C7H7ClN2O2/c8-3-1-4-10-5-2-6(11)9-7(10)12/h1-3,5H,4H2,(H,9,11,12). The molecule has 0 bridgehead atoms. The topological polar surface area (TPSA) is 54.9 Å². The molecule has 1 heterocycles. The van der Waals surface area contributed by atoms with Crippen molar-refractivity contribution < 1.29 is 0 Å². The van der Waals surface area contributed by atoms with Gasteiger partial charge in [-0.15, -0.1) is 0 Å². The van der Waals surface area contributed by atoms with Crippen LogP contribution in [0.3, 0.4) is 0 Å². The van der Waals surface area contributed by atoms with E-state index in [4.69, 9.17) is 11.6 Å². The highest BCUT2D eigenvalue weighted by atomic mass is 35.5. The van der Waals surface area contributed by atoms with E-state index in [1.807, 2.05) is 0 Å². The van der Waals surface area contributed by atoms with Gasteiger partial charge < -0.3 is 0 Å². The third-order valence-corrected chi connectivity index (χ3v) is 1.47. The molecule has 0 fully saturated rings. The molecule has 0 radical (unpaired) electrons. The van der Waals surface area contributed by atoms with Crippen molar-refractivity contribution in [3.63, 3.8) is 0 Å². The van der Waals surface area contributed by atoms with Crippen LogP contribution in [0.4, 0.5) is 0 Å². The van der Waals surface area contributed by atoms with Gasteiger partial charge in [0, 0.05) is 24.3 Å². The maximum absolute atomic E-state index is 11.0. The first-order valence-corrected chi connectivity index (χ1v) is 3.72. The second kappa shape index (κ2) is 3.92. The van der Waals surface area contributed by atoms with Crippen LogP contribution < -0.4 is 11.2 Å². The highest BCUT2D eigenvalue weighted by molar-refractivity contribution is 6.25. The lowest BCUT2D eigenvalue weighted by Gasteiger charge is -1.97. The molecule has 0 unspecified atom stereocenters. The molecule has 1 N–H and O–H groups in total. The number of hydrogen-bond acceptors (Lipinski definition) is 2. The molecule has 1 aromatic rings. The summed E-state index contributed by atoms with van der Waals surface area (Å²) in [5, 5.41) is 0. The monoisotopic (exact) mass is 186 g/mol. The highest BCUT2D eigenvalue weighted by Gasteiger charge is 1.91. The summed E-state index contributed by atoms with van der Waals surface area (Å²) < 4.78 is 1.33. The third-order valence-electron chi connectivity index (χ3n) is 1.29. The summed E-state index contributed by atoms with van der Waals surface area (Å²) in [6, 6.07) is 1.28. The molecule has 0 aliphatic heterocycles. The molecule has 0 spiro atoms. The normalized spacial score (nSPS) is 10.8. The average Bonchev–Trinajstić information content (AvgIpc) is 2.03. The van der Waals surface area contributed by atoms with Crippen LogP contribution in [-0.2, 0) is 6.54 Å². The van der Waals surface area contributed by atoms with Crippen LogP contribution >= 0.6 is 11.6 Å². The average molecular weight is 187 g/mol. The molecule has 0 aliphatic carbocycles. The smallest absolute Gasteiger partial charge is 0.297 e.